The van der Waals surface area contributed by atoms with Gasteiger partial charge in [0, 0.05) is 30.5 Å². The summed E-state index contributed by atoms with van der Waals surface area (Å²) in [5.41, 5.74) is 2.84. The minimum absolute atomic E-state index is 0.0990. The zero-order valence-electron chi connectivity index (χ0n) is 18.0. The van der Waals surface area contributed by atoms with Crippen LogP contribution >= 0.6 is 22.6 Å². The SMILES string of the molecule is CCCOC(C)Cc1ccc(C(=O)Nc2cccc(Oc3ccccc3I)c2)c(C)n1. The molecule has 3 rings (SSSR count). The highest BCUT2D eigenvalue weighted by Crippen LogP contribution is 2.28. The van der Waals surface area contributed by atoms with Crippen molar-refractivity contribution in [3.63, 3.8) is 0 Å². The molecule has 1 heterocycles. The molecule has 0 fully saturated rings. The summed E-state index contributed by atoms with van der Waals surface area (Å²) in [7, 11) is 0. The number of carbonyl (C=O) groups excluding carboxylic acids is 1. The summed E-state index contributed by atoms with van der Waals surface area (Å²) < 4.78 is 12.7. The Morgan fingerprint density at radius 1 is 1.13 bits per heavy atom. The lowest BCUT2D eigenvalue weighted by atomic mass is 10.1. The lowest BCUT2D eigenvalue weighted by Gasteiger charge is -2.14. The molecule has 31 heavy (non-hydrogen) atoms. The van der Waals surface area contributed by atoms with Crippen LogP contribution in [0.15, 0.2) is 60.7 Å². The zero-order chi connectivity index (χ0) is 22.2. The number of aryl methyl sites for hydroxylation is 1. The Bertz CT molecular complexity index is 1040. The van der Waals surface area contributed by atoms with Crippen LogP contribution in [-0.4, -0.2) is 23.6 Å². The molecule has 1 amide bonds. The fourth-order valence-electron chi connectivity index (χ4n) is 3.13. The fourth-order valence-corrected chi connectivity index (χ4v) is 3.63. The number of hydrogen-bond acceptors (Lipinski definition) is 4. The zero-order valence-corrected chi connectivity index (χ0v) is 20.2. The number of hydrogen-bond donors (Lipinski definition) is 1. The van der Waals surface area contributed by atoms with Gasteiger partial charge in [-0.3, -0.25) is 9.78 Å². The van der Waals surface area contributed by atoms with E-state index in [0.717, 1.165) is 34.5 Å². The van der Waals surface area contributed by atoms with Gasteiger partial charge in [-0.1, -0.05) is 25.1 Å². The van der Waals surface area contributed by atoms with Gasteiger partial charge in [-0.05, 0) is 79.3 Å². The first kappa shape index (κ1) is 23.2. The second-order valence-corrected chi connectivity index (χ2v) is 8.50. The molecule has 1 unspecified atom stereocenters. The van der Waals surface area contributed by atoms with Crippen molar-refractivity contribution in [3.8, 4) is 11.5 Å². The molecule has 1 aromatic heterocycles. The summed E-state index contributed by atoms with van der Waals surface area (Å²) in [6.07, 6.45) is 1.81. The van der Waals surface area contributed by atoms with E-state index >= 15 is 0 Å². The van der Waals surface area contributed by atoms with Crippen LogP contribution < -0.4 is 10.1 Å². The molecule has 6 heteroatoms. The second kappa shape index (κ2) is 11.2. The van der Waals surface area contributed by atoms with Crippen molar-refractivity contribution in [1.29, 1.82) is 0 Å². The summed E-state index contributed by atoms with van der Waals surface area (Å²) in [5.74, 6) is 1.24. The number of nitrogens with zero attached hydrogens (tertiary/aromatic N) is 1. The monoisotopic (exact) mass is 530 g/mol. The molecule has 0 saturated heterocycles. The van der Waals surface area contributed by atoms with Crippen LogP contribution in [0.4, 0.5) is 5.69 Å². The number of nitrogens with one attached hydrogen (secondary N) is 1. The topological polar surface area (TPSA) is 60.5 Å². The second-order valence-electron chi connectivity index (χ2n) is 7.34. The van der Waals surface area contributed by atoms with Crippen molar-refractivity contribution in [2.24, 2.45) is 0 Å². The lowest BCUT2D eigenvalue weighted by molar-refractivity contribution is 0.0663. The molecular weight excluding hydrogens is 503 g/mol. The number of para-hydroxylation sites is 1. The first-order chi connectivity index (χ1) is 15.0. The number of aromatic nitrogens is 1. The molecule has 3 aromatic rings. The van der Waals surface area contributed by atoms with Crippen molar-refractivity contribution in [1.82, 2.24) is 4.98 Å². The molecule has 1 atom stereocenters. The first-order valence-electron chi connectivity index (χ1n) is 10.4. The molecule has 0 aliphatic carbocycles. The quantitative estimate of drug-likeness (QED) is 0.326. The number of benzene rings is 2. The Kier molecular flexibility index (Phi) is 8.43. The van der Waals surface area contributed by atoms with Crippen LogP contribution in [0.3, 0.4) is 0 Å². The maximum atomic E-state index is 12.8. The Morgan fingerprint density at radius 3 is 2.68 bits per heavy atom. The third-order valence-electron chi connectivity index (χ3n) is 4.65. The van der Waals surface area contributed by atoms with Gasteiger partial charge in [0.25, 0.3) is 5.91 Å². The van der Waals surface area contributed by atoms with Crippen LogP contribution in [0.1, 0.15) is 42.0 Å². The smallest absolute Gasteiger partial charge is 0.257 e. The normalized spacial score (nSPS) is 11.7. The van der Waals surface area contributed by atoms with Crippen molar-refractivity contribution in [2.75, 3.05) is 11.9 Å². The van der Waals surface area contributed by atoms with Gasteiger partial charge in [0.1, 0.15) is 11.5 Å². The minimum Gasteiger partial charge on any atom is -0.456 e. The first-order valence-corrected chi connectivity index (χ1v) is 11.5. The molecule has 0 saturated carbocycles. The number of pyridine rings is 1. The van der Waals surface area contributed by atoms with Crippen LogP contribution in [0, 0.1) is 10.5 Å². The standard InChI is InChI=1S/C25H27IN2O3/c1-4-14-30-17(2)15-20-12-13-22(18(3)27-20)25(29)28-19-8-7-9-21(16-19)31-24-11-6-5-10-23(24)26/h5-13,16-17H,4,14-15H2,1-3H3,(H,28,29). The van der Waals surface area contributed by atoms with Crippen molar-refractivity contribution >= 4 is 34.2 Å². The summed E-state index contributed by atoms with van der Waals surface area (Å²) in [6, 6.07) is 18.9. The molecule has 2 aromatic carbocycles. The van der Waals surface area contributed by atoms with Gasteiger partial charge in [-0.2, -0.15) is 0 Å². The van der Waals surface area contributed by atoms with Crippen LogP contribution in [0.2, 0.25) is 0 Å². The van der Waals surface area contributed by atoms with Gasteiger partial charge in [-0.25, -0.2) is 0 Å². The lowest BCUT2D eigenvalue weighted by Crippen LogP contribution is -2.16. The van der Waals surface area contributed by atoms with Crippen molar-refractivity contribution in [2.45, 2.75) is 39.7 Å². The van der Waals surface area contributed by atoms with Gasteiger partial charge in [0.2, 0.25) is 0 Å². The van der Waals surface area contributed by atoms with E-state index in [1.807, 2.05) is 74.5 Å². The maximum absolute atomic E-state index is 12.8. The number of rotatable bonds is 9. The molecule has 0 bridgehead atoms. The Labute approximate surface area is 197 Å². The maximum Gasteiger partial charge on any atom is 0.257 e. The fraction of sp³-hybridized carbons (Fsp3) is 0.280. The van der Waals surface area contributed by atoms with E-state index in [9.17, 15) is 4.79 Å². The van der Waals surface area contributed by atoms with E-state index < -0.39 is 0 Å². The summed E-state index contributed by atoms with van der Waals surface area (Å²) in [6.45, 7) is 6.73. The summed E-state index contributed by atoms with van der Waals surface area (Å²) in [5, 5.41) is 2.94. The third kappa shape index (κ3) is 6.77. The molecule has 0 aliphatic rings. The van der Waals surface area contributed by atoms with E-state index in [1.165, 1.54) is 0 Å². The number of ether oxygens (including phenoxy) is 2. The average molecular weight is 530 g/mol. The predicted molar refractivity (Wildman–Crippen MR) is 132 cm³/mol. The number of amides is 1. The van der Waals surface area contributed by atoms with E-state index in [4.69, 9.17) is 9.47 Å². The van der Waals surface area contributed by atoms with Crippen molar-refractivity contribution in [3.05, 3.63) is 81.2 Å². The van der Waals surface area contributed by atoms with Gasteiger partial charge in [0.15, 0.2) is 0 Å². The number of halogens is 1. The molecule has 5 nitrogen and oxygen atoms in total. The Morgan fingerprint density at radius 2 is 1.94 bits per heavy atom. The van der Waals surface area contributed by atoms with Crippen LogP contribution in [0.5, 0.6) is 11.5 Å². The molecule has 162 valence electrons. The van der Waals surface area contributed by atoms with E-state index in [2.05, 4.69) is 39.8 Å². The molecule has 1 N–H and O–H groups in total. The minimum atomic E-state index is -0.196. The average Bonchev–Trinajstić information content (AvgIpc) is 2.74. The molecule has 0 aliphatic heterocycles. The van der Waals surface area contributed by atoms with Gasteiger partial charge >= 0.3 is 0 Å². The van der Waals surface area contributed by atoms with Crippen molar-refractivity contribution < 1.29 is 14.3 Å². The highest BCUT2D eigenvalue weighted by molar-refractivity contribution is 14.1. The van der Waals surface area contributed by atoms with Crippen LogP contribution in [0.25, 0.3) is 0 Å². The third-order valence-corrected chi connectivity index (χ3v) is 5.54. The molecule has 0 radical (unpaired) electrons. The van der Waals surface area contributed by atoms with Gasteiger partial charge < -0.3 is 14.8 Å². The van der Waals surface area contributed by atoms with E-state index in [0.29, 0.717) is 22.7 Å². The van der Waals surface area contributed by atoms with Crippen LogP contribution in [-0.2, 0) is 11.2 Å². The summed E-state index contributed by atoms with van der Waals surface area (Å²) >= 11 is 2.23. The van der Waals surface area contributed by atoms with Gasteiger partial charge in [0.05, 0.1) is 20.9 Å². The van der Waals surface area contributed by atoms with E-state index in [-0.39, 0.29) is 12.0 Å². The predicted octanol–water partition coefficient (Wildman–Crippen LogP) is 6.40. The number of carbonyl (C=O) groups is 1. The molecular formula is C25H27IN2O3. The largest absolute Gasteiger partial charge is 0.456 e. The highest BCUT2D eigenvalue weighted by Gasteiger charge is 2.13. The van der Waals surface area contributed by atoms with Gasteiger partial charge in [-0.15, -0.1) is 0 Å². The molecule has 0 spiro atoms. The highest BCUT2D eigenvalue weighted by atomic mass is 127. The Hall–Kier alpha value is -2.45. The number of anilines is 1. The Balaban J connectivity index is 1.66. The van der Waals surface area contributed by atoms with E-state index in [1.54, 1.807) is 0 Å². The summed E-state index contributed by atoms with van der Waals surface area (Å²) in [4.78, 5) is 17.4.